The number of halogens is 17. The second-order valence-corrected chi connectivity index (χ2v) is 7.74. The predicted molar refractivity (Wildman–Crippen MR) is 98.0 cm³/mol. The number of ether oxygens (including phenoxy) is 2. The molecule has 0 aliphatic rings. The minimum Gasteiger partial charge on any atom is -0.497 e. The third-order valence-electron chi connectivity index (χ3n) is 4.88. The monoisotopic (exact) mass is 624 g/mol. The molecule has 0 amide bonds. The van der Waals surface area contributed by atoms with Crippen molar-refractivity contribution in [1.82, 2.24) is 0 Å². The summed E-state index contributed by atoms with van der Waals surface area (Å²) in [6.07, 6.45) is -19.2. The average Bonchev–Trinajstić information content (AvgIpc) is 2.80. The van der Waals surface area contributed by atoms with E-state index in [0.29, 0.717) is 6.08 Å². The Bertz CT molecular complexity index is 1060. The van der Waals surface area contributed by atoms with Crippen molar-refractivity contribution in [3.05, 3.63) is 35.9 Å². The summed E-state index contributed by atoms with van der Waals surface area (Å²) in [6, 6.07) is 4.58. The summed E-state index contributed by atoms with van der Waals surface area (Å²) in [4.78, 5) is 11.4. The van der Waals surface area contributed by atoms with Crippen LogP contribution < -0.4 is 4.74 Å². The van der Waals surface area contributed by atoms with Gasteiger partial charge in [-0.1, -0.05) is 12.1 Å². The van der Waals surface area contributed by atoms with E-state index >= 15 is 0 Å². The number of alkyl halides is 17. The van der Waals surface area contributed by atoms with Gasteiger partial charge in [-0.15, -0.1) is 0 Å². The van der Waals surface area contributed by atoms with E-state index < -0.39 is 66.6 Å². The van der Waals surface area contributed by atoms with Crippen molar-refractivity contribution >= 4 is 12.0 Å². The third kappa shape index (κ3) is 6.34. The van der Waals surface area contributed by atoms with E-state index in [0.717, 1.165) is 12.1 Å². The molecule has 1 rings (SSSR count). The summed E-state index contributed by atoms with van der Waals surface area (Å²) in [6.45, 7) is 0. The van der Waals surface area contributed by atoms with Gasteiger partial charge in [0.2, 0.25) is 0 Å². The summed E-state index contributed by atoms with van der Waals surface area (Å²) < 4.78 is 235. The van der Waals surface area contributed by atoms with Gasteiger partial charge >= 0.3 is 53.8 Å². The highest BCUT2D eigenvalue weighted by Gasteiger charge is 2.93. The Morgan fingerprint density at radius 2 is 1.07 bits per heavy atom. The Labute approximate surface area is 211 Å². The highest BCUT2D eigenvalue weighted by atomic mass is 19.4. The normalized spacial score (nSPS) is 14.9. The van der Waals surface area contributed by atoms with E-state index in [1.54, 1.807) is 0 Å². The zero-order chi connectivity index (χ0) is 31.8. The lowest BCUT2D eigenvalue weighted by Gasteiger charge is -2.42. The molecule has 0 radical (unpaired) electrons. The topological polar surface area (TPSA) is 35.5 Å². The number of hydrogen-bond acceptors (Lipinski definition) is 3. The fraction of sp³-hybridized carbons (Fsp3) is 0.550. The van der Waals surface area contributed by atoms with Gasteiger partial charge in [-0.25, -0.2) is 4.79 Å². The molecule has 0 saturated carbocycles. The molecule has 0 aliphatic heterocycles. The molecule has 0 atom stereocenters. The van der Waals surface area contributed by atoms with Crippen molar-refractivity contribution in [2.45, 2.75) is 60.7 Å². The number of carbonyl (C=O) groups is 1. The summed E-state index contributed by atoms with van der Waals surface area (Å²) >= 11 is 0. The third-order valence-corrected chi connectivity index (χ3v) is 4.88. The second-order valence-electron chi connectivity index (χ2n) is 7.74. The molecule has 0 aromatic heterocycles. The molecule has 3 nitrogen and oxygen atoms in total. The fourth-order valence-corrected chi connectivity index (χ4v) is 2.56. The summed E-state index contributed by atoms with van der Waals surface area (Å²) in [5.74, 6) is -50.7. The molecule has 1 aromatic carbocycles. The number of benzene rings is 1. The number of carbonyl (C=O) groups excluding carboxylic acids is 1. The SMILES string of the molecule is COc1ccc(C=CC(=O)OC(F)(F)C(F)(F)C(F)(F)C(F)(F)C(F)(F)C(F)(F)C(F)(F)CCC(F)(F)F)cc1. The molecule has 20 heteroatoms. The Kier molecular flexibility index (Phi) is 9.46. The summed E-state index contributed by atoms with van der Waals surface area (Å²) in [7, 11) is 1.21. The molecule has 0 spiro atoms. The Balaban J connectivity index is 3.34. The van der Waals surface area contributed by atoms with E-state index in [1.807, 2.05) is 0 Å². The zero-order valence-electron chi connectivity index (χ0n) is 19.0. The van der Waals surface area contributed by atoms with E-state index in [9.17, 15) is 79.4 Å². The molecule has 0 aliphatic carbocycles. The Morgan fingerprint density at radius 3 is 1.50 bits per heavy atom. The minimum atomic E-state index is -8.52. The van der Waals surface area contributed by atoms with Crippen LogP contribution in [0.1, 0.15) is 18.4 Å². The van der Waals surface area contributed by atoms with E-state index in [-0.39, 0.29) is 17.4 Å². The molecule has 0 unspecified atom stereocenters. The first-order chi connectivity index (χ1) is 17.6. The van der Waals surface area contributed by atoms with E-state index in [1.165, 1.54) is 19.2 Å². The van der Waals surface area contributed by atoms with Gasteiger partial charge in [-0.05, 0) is 23.8 Å². The molecule has 230 valence electrons. The summed E-state index contributed by atoms with van der Waals surface area (Å²) in [5, 5.41) is 0. The minimum absolute atomic E-state index is 0.0991. The molecule has 40 heavy (non-hydrogen) atoms. The molecule has 1 aromatic rings. The Morgan fingerprint density at radius 1 is 0.650 bits per heavy atom. The van der Waals surface area contributed by atoms with Crippen molar-refractivity contribution < 1.29 is 88.9 Å². The smallest absolute Gasteiger partial charge is 0.473 e. The van der Waals surface area contributed by atoms with Crippen LogP contribution >= 0.6 is 0 Å². The van der Waals surface area contributed by atoms with E-state index in [2.05, 4.69) is 4.74 Å². The average molecular weight is 624 g/mol. The van der Waals surface area contributed by atoms with Crippen LogP contribution in [-0.2, 0) is 9.53 Å². The van der Waals surface area contributed by atoms with Crippen LogP contribution in [0.4, 0.5) is 74.6 Å². The molecule has 0 N–H and O–H groups in total. The molecule has 0 saturated heterocycles. The lowest BCUT2D eigenvalue weighted by atomic mass is 9.89. The van der Waals surface area contributed by atoms with Gasteiger partial charge in [-0.2, -0.15) is 74.6 Å². The number of hydrogen-bond donors (Lipinski definition) is 0. The van der Waals surface area contributed by atoms with Gasteiger partial charge in [0, 0.05) is 18.9 Å². The standard InChI is InChI=1S/C20H13F17O3/c1-39-11-5-2-10(3-6-11)4-7-12(38)40-20(36,37)19(34,35)18(32,33)17(30,31)16(28,29)15(26,27)13(21,22)8-9-14(23,24)25/h2-7H,8-9H2,1H3. The maximum absolute atomic E-state index is 13.8. The van der Waals surface area contributed by atoms with Crippen LogP contribution in [0.15, 0.2) is 30.3 Å². The first-order valence-corrected chi connectivity index (χ1v) is 9.88. The zero-order valence-corrected chi connectivity index (χ0v) is 19.0. The van der Waals surface area contributed by atoms with Crippen LogP contribution in [0.25, 0.3) is 6.08 Å². The van der Waals surface area contributed by atoms with Gasteiger partial charge in [0.1, 0.15) is 5.75 Å². The van der Waals surface area contributed by atoms with Gasteiger partial charge in [0.15, 0.2) is 0 Å². The number of methoxy groups -OCH3 is 1. The fourth-order valence-electron chi connectivity index (χ4n) is 2.56. The Hall–Kier alpha value is -2.96. The molecule has 0 fully saturated rings. The first-order valence-electron chi connectivity index (χ1n) is 9.88. The van der Waals surface area contributed by atoms with Crippen LogP contribution in [0.3, 0.4) is 0 Å². The second kappa shape index (κ2) is 10.8. The van der Waals surface area contributed by atoms with Crippen LogP contribution in [-0.4, -0.2) is 60.9 Å². The highest BCUT2D eigenvalue weighted by molar-refractivity contribution is 5.87. The van der Waals surface area contributed by atoms with Crippen molar-refractivity contribution in [2.24, 2.45) is 0 Å². The van der Waals surface area contributed by atoms with Gasteiger partial charge < -0.3 is 9.47 Å². The van der Waals surface area contributed by atoms with Gasteiger partial charge in [0.05, 0.1) is 7.11 Å². The lowest BCUT2D eigenvalue weighted by molar-refractivity contribution is -0.461. The lowest BCUT2D eigenvalue weighted by Crippen LogP contribution is -2.73. The largest absolute Gasteiger partial charge is 0.497 e. The molecule has 0 heterocycles. The number of rotatable bonds is 12. The van der Waals surface area contributed by atoms with Crippen LogP contribution in [0.2, 0.25) is 0 Å². The number of esters is 1. The summed E-state index contributed by atoms with van der Waals surface area (Å²) in [5.41, 5.74) is -0.0991. The first kappa shape index (κ1) is 35.1. The molecule has 0 bridgehead atoms. The molecular formula is C20H13F17O3. The quantitative estimate of drug-likeness (QED) is 0.134. The van der Waals surface area contributed by atoms with Crippen molar-refractivity contribution in [2.75, 3.05) is 7.11 Å². The van der Waals surface area contributed by atoms with Crippen molar-refractivity contribution in [3.63, 3.8) is 0 Å². The van der Waals surface area contributed by atoms with Crippen molar-refractivity contribution in [3.8, 4) is 5.75 Å². The van der Waals surface area contributed by atoms with Gasteiger partial charge in [0.25, 0.3) is 0 Å². The van der Waals surface area contributed by atoms with Crippen LogP contribution in [0, 0.1) is 0 Å². The highest BCUT2D eigenvalue weighted by Crippen LogP contribution is 2.62. The predicted octanol–water partition coefficient (Wildman–Crippen LogP) is 8.00. The maximum atomic E-state index is 13.8. The molecular weight excluding hydrogens is 611 g/mol. The maximum Gasteiger partial charge on any atom is 0.473 e. The van der Waals surface area contributed by atoms with Crippen LogP contribution in [0.5, 0.6) is 5.75 Å². The van der Waals surface area contributed by atoms with E-state index in [4.69, 9.17) is 4.74 Å². The van der Waals surface area contributed by atoms with Gasteiger partial charge in [-0.3, -0.25) is 0 Å². The van der Waals surface area contributed by atoms with Crippen molar-refractivity contribution in [1.29, 1.82) is 0 Å².